The fraction of sp³-hybridized carbons (Fsp3) is 0.400. The molecule has 1 fully saturated rings. The van der Waals surface area contributed by atoms with Crippen LogP contribution < -0.4 is 5.32 Å². The largest absolute Gasteiger partial charge is 0.383 e. The number of benzene rings is 1. The molecule has 2 heterocycles. The molecule has 1 aliphatic rings. The number of anilines is 1. The summed E-state index contributed by atoms with van der Waals surface area (Å²) in [7, 11) is -3.33. The third-order valence-electron chi connectivity index (χ3n) is 3.80. The van der Waals surface area contributed by atoms with Gasteiger partial charge >= 0.3 is 0 Å². The van der Waals surface area contributed by atoms with Crippen molar-refractivity contribution in [2.24, 2.45) is 0 Å². The molecule has 2 aromatic rings. The molecule has 0 aliphatic carbocycles. The average Bonchev–Trinajstić information content (AvgIpc) is 2.56. The van der Waals surface area contributed by atoms with Crippen LogP contribution in [-0.4, -0.2) is 54.6 Å². The topological polar surface area (TPSA) is 62.3 Å². The van der Waals surface area contributed by atoms with Crippen LogP contribution in [0.15, 0.2) is 24.4 Å². The van der Waals surface area contributed by atoms with E-state index in [1.165, 1.54) is 16.6 Å². The number of hydrogen-bond acceptors (Lipinski definition) is 5. The van der Waals surface area contributed by atoms with Gasteiger partial charge in [-0.2, -0.15) is 11.8 Å². The van der Waals surface area contributed by atoms with Crippen LogP contribution in [0.3, 0.4) is 0 Å². The van der Waals surface area contributed by atoms with Gasteiger partial charge in [-0.25, -0.2) is 21.5 Å². The molecule has 0 saturated carbocycles. The number of nitrogens with zero attached hydrogens (tertiary/aromatic N) is 2. The maximum atomic E-state index is 13.7. The fourth-order valence-corrected chi connectivity index (χ4v) is 5.09. The Kier molecular flexibility index (Phi) is 5.21. The normalized spacial score (nSPS) is 16.4. The van der Waals surface area contributed by atoms with Crippen molar-refractivity contribution in [1.29, 1.82) is 0 Å². The molecule has 0 spiro atoms. The molecule has 5 nitrogen and oxygen atoms in total. The molecule has 1 aromatic heterocycles. The summed E-state index contributed by atoms with van der Waals surface area (Å²) in [5.41, 5.74) is 0.514. The molecule has 9 heteroatoms. The van der Waals surface area contributed by atoms with Crippen molar-refractivity contribution < 1.29 is 17.2 Å². The monoisotopic (exact) mass is 373 g/mol. The highest BCUT2D eigenvalue weighted by molar-refractivity contribution is 7.99. The van der Waals surface area contributed by atoms with Crippen LogP contribution in [-0.2, 0) is 10.0 Å². The maximum Gasteiger partial charge on any atom is 0.215 e. The van der Waals surface area contributed by atoms with Crippen LogP contribution in [0.25, 0.3) is 10.9 Å². The lowest BCUT2D eigenvalue weighted by Gasteiger charge is -2.25. The SMILES string of the molecule is O=S(=O)(CCNc1ccnc2c(F)cc(F)cc12)N1CCSCC1. The summed E-state index contributed by atoms with van der Waals surface area (Å²) in [5, 5.41) is 3.25. The third-order valence-corrected chi connectivity index (χ3v) is 6.62. The van der Waals surface area contributed by atoms with Gasteiger partial charge in [0.05, 0.1) is 5.75 Å². The van der Waals surface area contributed by atoms with Gasteiger partial charge in [0.25, 0.3) is 0 Å². The highest BCUT2D eigenvalue weighted by atomic mass is 32.2. The third kappa shape index (κ3) is 3.79. The van der Waals surface area contributed by atoms with Crippen LogP contribution in [0, 0.1) is 11.6 Å². The molecule has 1 N–H and O–H groups in total. The second-order valence-electron chi connectivity index (χ2n) is 5.40. The minimum Gasteiger partial charge on any atom is -0.383 e. The second kappa shape index (κ2) is 7.20. The van der Waals surface area contributed by atoms with Gasteiger partial charge in [-0.1, -0.05) is 0 Å². The van der Waals surface area contributed by atoms with Crippen LogP contribution >= 0.6 is 11.8 Å². The minimum absolute atomic E-state index is 0.0531. The molecule has 0 amide bonds. The van der Waals surface area contributed by atoms with Gasteiger partial charge in [-0.05, 0) is 12.1 Å². The molecule has 1 aromatic carbocycles. The Hall–Kier alpha value is -1.45. The summed E-state index contributed by atoms with van der Waals surface area (Å²) in [6.07, 6.45) is 1.40. The zero-order valence-corrected chi connectivity index (χ0v) is 14.5. The van der Waals surface area contributed by atoms with E-state index in [1.807, 2.05) is 0 Å². The van der Waals surface area contributed by atoms with Gasteiger partial charge in [-0.15, -0.1) is 0 Å². The summed E-state index contributed by atoms with van der Waals surface area (Å²) < 4.78 is 53.3. The number of fused-ring (bicyclic) bond motifs is 1. The molecule has 130 valence electrons. The van der Waals surface area contributed by atoms with Gasteiger partial charge in [0, 0.05) is 54.5 Å². The first-order valence-corrected chi connectivity index (χ1v) is 10.3. The number of sulfonamides is 1. The number of rotatable bonds is 5. The van der Waals surface area contributed by atoms with Gasteiger partial charge < -0.3 is 5.32 Å². The van der Waals surface area contributed by atoms with Gasteiger partial charge in [0.2, 0.25) is 10.0 Å². The zero-order valence-electron chi connectivity index (χ0n) is 12.8. The molecule has 0 unspecified atom stereocenters. The number of nitrogens with one attached hydrogen (secondary N) is 1. The lowest BCUT2D eigenvalue weighted by Crippen LogP contribution is -2.40. The van der Waals surface area contributed by atoms with E-state index in [2.05, 4.69) is 10.3 Å². The Labute approximate surface area is 143 Å². The van der Waals surface area contributed by atoms with Gasteiger partial charge in [0.15, 0.2) is 5.82 Å². The second-order valence-corrected chi connectivity index (χ2v) is 8.71. The van der Waals surface area contributed by atoms with Crippen LogP contribution in [0.5, 0.6) is 0 Å². The molecule has 0 bridgehead atoms. The van der Waals surface area contributed by atoms with E-state index in [4.69, 9.17) is 0 Å². The lowest BCUT2D eigenvalue weighted by molar-refractivity contribution is 0.444. The molecule has 24 heavy (non-hydrogen) atoms. The van der Waals surface area contributed by atoms with Gasteiger partial charge in [0.1, 0.15) is 11.3 Å². The highest BCUT2D eigenvalue weighted by Crippen LogP contribution is 2.24. The standard InChI is InChI=1S/C15H17F2N3O2S2/c16-11-9-12-14(1-2-19-15(12)13(17)10-11)18-3-8-24(21,22)20-4-6-23-7-5-20/h1-2,9-10H,3-8H2,(H,18,19). The Morgan fingerprint density at radius 2 is 2.00 bits per heavy atom. The summed E-state index contributed by atoms with van der Waals surface area (Å²) in [4.78, 5) is 3.90. The first-order chi connectivity index (χ1) is 11.5. The predicted octanol–water partition coefficient (Wildman–Crippen LogP) is 2.30. The molecule has 1 aliphatic heterocycles. The van der Waals surface area contributed by atoms with Crippen molar-refractivity contribution in [3.63, 3.8) is 0 Å². The molecule has 3 rings (SSSR count). The van der Waals surface area contributed by atoms with E-state index in [1.54, 1.807) is 17.8 Å². The van der Waals surface area contributed by atoms with E-state index < -0.39 is 21.7 Å². The predicted molar refractivity (Wildman–Crippen MR) is 92.8 cm³/mol. The molecular formula is C15H17F2N3O2S2. The Morgan fingerprint density at radius 3 is 2.75 bits per heavy atom. The number of aromatic nitrogens is 1. The summed E-state index contributed by atoms with van der Waals surface area (Å²) in [6, 6.07) is 3.54. The fourth-order valence-electron chi connectivity index (χ4n) is 2.60. The van der Waals surface area contributed by atoms with Crippen LogP contribution in [0.2, 0.25) is 0 Å². The summed E-state index contributed by atoms with van der Waals surface area (Å²) >= 11 is 1.74. The Morgan fingerprint density at radius 1 is 1.25 bits per heavy atom. The van der Waals surface area contributed by atoms with Crippen LogP contribution in [0.1, 0.15) is 0 Å². The summed E-state index contributed by atoms with van der Waals surface area (Å²) in [6.45, 7) is 1.21. The average molecular weight is 373 g/mol. The lowest BCUT2D eigenvalue weighted by atomic mass is 10.1. The molecule has 1 saturated heterocycles. The number of pyridine rings is 1. The van der Waals surface area contributed by atoms with Crippen molar-refractivity contribution in [1.82, 2.24) is 9.29 Å². The van der Waals surface area contributed by atoms with E-state index in [0.717, 1.165) is 17.6 Å². The zero-order chi connectivity index (χ0) is 17.2. The van der Waals surface area contributed by atoms with Crippen molar-refractivity contribution in [3.8, 4) is 0 Å². The smallest absolute Gasteiger partial charge is 0.215 e. The van der Waals surface area contributed by atoms with E-state index in [0.29, 0.717) is 24.2 Å². The van der Waals surface area contributed by atoms with E-state index in [9.17, 15) is 17.2 Å². The number of halogens is 2. The molecule has 0 radical (unpaired) electrons. The van der Waals surface area contributed by atoms with Crippen LogP contribution in [0.4, 0.5) is 14.5 Å². The van der Waals surface area contributed by atoms with E-state index >= 15 is 0 Å². The van der Waals surface area contributed by atoms with Crippen molar-refractivity contribution in [3.05, 3.63) is 36.0 Å². The first kappa shape index (κ1) is 17.4. The van der Waals surface area contributed by atoms with Crippen molar-refractivity contribution in [2.75, 3.05) is 42.2 Å². The first-order valence-electron chi connectivity index (χ1n) is 7.50. The Bertz CT molecular complexity index is 840. The Balaban J connectivity index is 1.72. The molecule has 0 atom stereocenters. The van der Waals surface area contributed by atoms with Crippen molar-refractivity contribution in [2.45, 2.75) is 0 Å². The maximum absolute atomic E-state index is 13.7. The van der Waals surface area contributed by atoms with E-state index in [-0.39, 0.29) is 17.8 Å². The number of thioether (sulfide) groups is 1. The number of hydrogen-bond donors (Lipinski definition) is 1. The summed E-state index contributed by atoms with van der Waals surface area (Å²) in [5.74, 6) is 0.0984. The van der Waals surface area contributed by atoms with Gasteiger partial charge in [-0.3, -0.25) is 4.98 Å². The molecular weight excluding hydrogens is 356 g/mol. The minimum atomic E-state index is -3.33. The van der Waals surface area contributed by atoms with Crippen molar-refractivity contribution >= 4 is 38.4 Å². The highest BCUT2D eigenvalue weighted by Gasteiger charge is 2.23. The quantitative estimate of drug-likeness (QED) is 0.871.